The molecular weight excluding hydrogens is 306 g/mol. The molecule has 0 saturated carbocycles. The van der Waals surface area contributed by atoms with E-state index in [4.69, 9.17) is 9.47 Å². The molecule has 0 aliphatic heterocycles. The Bertz CT molecular complexity index is 795. The number of methoxy groups -OCH3 is 1. The zero-order chi connectivity index (χ0) is 17.9. The first-order valence-electron chi connectivity index (χ1n) is 7.57. The van der Waals surface area contributed by atoms with E-state index in [2.05, 4.69) is 31.9 Å². The topological polar surface area (TPSA) is 77.1 Å². The van der Waals surface area contributed by atoms with Gasteiger partial charge in [-0.15, -0.1) is 0 Å². The molecule has 2 aromatic rings. The number of hydrogen-bond donors (Lipinski definition) is 0. The molecule has 0 fully saturated rings. The molecule has 0 spiro atoms. The van der Waals surface area contributed by atoms with Gasteiger partial charge in [-0.1, -0.05) is 20.8 Å². The fraction of sp³-hybridized carbons (Fsp3) is 0.389. The zero-order valence-electron chi connectivity index (χ0n) is 14.6. The van der Waals surface area contributed by atoms with Crippen LogP contribution < -0.4 is 4.74 Å². The van der Waals surface area contributed by atoms with Crippen molar-refractivity contribution in [3.8, 4) is 17.5 Å². The van der Waals surface area contributed by atoms with Crippen LogP contribution in [0.4, 0.5) is 0 Å². The number of aromatic nitrogens is 2. The Kier molecular flexibility index (Phi) is 4.93. The molecule has 0 saturated heterocycles. The molecule has 0 amide bonds. The summed E-state index contributed by atoms with van der Waals surface area (Å²) in [7, 11) is 1.33. The van der Waals surface area contributed by atoms with Crippen molar-refractivity contribution in [1.29, 1.82) is 5.26 Å². The molecule has 0 radical (unpaired) electrons. The third kappa shape index (κ3) is 3.93. The van der Waals surface area contributed by atoms with E-state index in [1.54, 1.807) is 36.0 Å². The van der Waals surface area contributed by atoms with Gasteiger partial charge in [0.05, 0.1) is 30.7 Å². The molecule has 2 rings (SSSR count). The van der Waals surface area contributed by atoms with Gasteiger partial charge in [0.2, 0.25) is 0 Å². The molecule has 126 valence electrons. The second-order valence-corrected chi connectivity index (χ2v) is 6.71. The number of benzene rings is 1. The van der Waals surface area contributed by atoms with Crippen molar-refractivity contribution in [2.75, 3.05) is 13.7 Å². The molecule has 6 nitrogen and oxygen atoms in total. The maximum Gasteiger partial charge on any atom is 0.341 e. The molecule has 24 heavy (non-hydrogen) atoms. The van der Waals surface area contributed by atoms with E-state index in [0.29, 0.717) is 34.9 Å². The fourth-order valence-electron chi connectivity index (χ4n) is 2.07. The first kappa shape index (κ1) is 17.5. The Hall–Kier alpha value is -2.81. The number of ether oxygens (including phenoxy) is 2. The summed E-state index contributed by atoms with van der Waals surface area (Å²) < 4.78 is 12.0. The number of nitriles is 1. The lowest BCUT2D eigenvalue weighted by Crippen LogP contribution is -2.17. The van der Waals surface area contributed by atoms with E-state index in [0.717, 1.165) is 0 Å². The standard InChI is InChI=1S/C18H21N3O3/c1-12-15(17(22)23-5)10-21(20-12)14-6-7-16(13(8-14)9-19)24-11-18(2,3)4/h6-8,10H,11H2,1-5H3. The summed E-state index contributed by atoms with van der Waals surface area (Å²) in [5.74, 6) is 0.0950. The maximum absolute atomic E-state index is 11.7. The van der Waals surface area contributed by atoms with Crippen LogP contribution in [0.3, 0.4) is 0 Å². The number of rotatable bonds is 4. The zero-order valence-corrected chi connectivity index (χ0v) is 14.6. The lowest BCUT2D eigenvalue weighted by Gasteiger charge is -2.19. The smallest absolute Gasteiger partial charge is 0.341 e. The Morgan fingerprint density at radius 3 is 2.67 bits per heavy atom. The predicted molar refractivity (Wildman–Crippen MR) is 89.3 cm³/mol. The van der Waals surface area contributed by atoms with Crippen LogP contribution in [0.15, 0.2) is 24.4 Å². The van der Waals surface area contributed by atoms with E-state index in [-0.39, 0.29) is 5.41 Å². The Balaban J connectivity index is 2.33. The Morgan fingerprint density at radius 1 is 1.38 bits per heavy atom. The number of carbonyl (C=O) groups is 1. The Morgan fingerprint density at radius 2 is 2.08 bits per heavy atom. The number of carbonyl (C=O) groups excluding carboxylic acids is 1. The van der Waals surface area contributed by atoms with Gasteiger partial charge in [0.1, 0.15) is 17.4 Å². The van der Waals surface area contributed by atoms with Crippen molar-refractivity contribution in [3.05, 3.63) is 41.2 Å². The molecule has 0 bridgehead atoms. The van der Waals surface area contributed by atoms with E-state index in [1.807, 2.05) is 0 Å². The van der Waals surface area contributed by atoms with Crippen LogP contribution in [-0.4, -0.2) is 29.5 Å². The largest absolute Gasteiger partial charge is 0.492 e. The van der Waals surface area contributed by atoms with Gasteiger partial charge in [0.25, 0.3) is 0 Å². The Labute approximate surface area is 141 Å². The predicted octanol–water partition coefficient (Wildman–Crippen LogP) is 3.26. The van der Waals surface area contributed by atoms with Gasteiger partial charge in [-0.2, -0.15) is 10.4 Å². The lowest BCUT2D eigenvalue weighted by molar-refractivity contribution is 0.0600. The summed E-state index contributed by atoms with van der Waals surface area (Å²) in [6.45, 7) is 8.43. The fourth-order valence-corrected chi connectivity index (χ4v) is 2.07. The van der Waals surface area contributed by atoms with Crippen molar-refractivity contribution >= 4 is 5.97 Å². The summed E-state index contributed by atoms with van der Waals surface area (Å²) in [6, 6.07) is 7.37. The first-order valence-corrected chi connectivity index (χ1v) is 7.57. The molecular formula is C18H21N3O3. The summed E-state index contributed by atoms with van der Waals surface area (Å²) >= 11 is 0. The molecule has 0 aliphatic rings. The first-order chi connectivity index (χ1) is 11.2. The van der Waals surface area contributed by atoms with Crippen molar-refractivity contribution < 1.29 is 14.3 Å². The number of nitrogens with zero attached hydrogens (tertiary/aromatic N) is 3. The van der Waals surface area contributed by atoms with Crippen molar-refractivity contribution in [1.82, 2.24) is 9.78 Å². The van der Waals surface area contributed by atoms with E-state index in [1.165, 1.54) is 7.11 Å². The SMILES string of the molecule is COC(=O)c1cn(-c2ccc(OCC(C)(C)C)c(C#N)c2)nc1C. The van der Waals surface area contributed by atoms with Gasteiger partial charge in [0, 0.05) is 6.20 Å². The van der Waals surface area contributed by atoms with Gasteiger partial charge in [-0.25, -0.2) is 9.48 Å². The second-order valence-electron chi connectivity index (χ2n) is 6.71. The molecule has 1 heterocycles. The lowest BCUT2D eigenvalue weighted by atomic mass is 9.98. The molecule has 0 aliphatic carbocycles. The van der Waals surface area contributed by atoms with Crippen molar-refractivity contribution in [2.45, 2.75) is 27.7 Å². The normalized spacial score (nSPS) is 11.0. The van der Waals surface area contributed by atoms with Gasteiger partial charge >= 0.3 is 5.97 Å². The van der Waals surface area contributed by atoms with E-state index in [9.17, 15) is 10.1 Å². The maximum atomic E-state index is 11.7. The summed E-state index contributed by atoms with van der Waals surface area (Å²) in [4.78, 5) is 11.7. The van der Waals surface area contributed by atoms with Crippen LogP contribution in [0.2, 0.25) is 0 Å². The summed E-state index contributed by atoms with van der Waals surface area (Å²) in [5.41, 5.74) is 2.05. The minimum Gasteiger partial charge on any atom is -0.492 e. The molecule has 1 aromatic carbocycles. The summed E-state index contributed by atoms with van der Waals surface area (Å²) in [6.07, 6.45) is 1.59. The number of aryl methyl sites for hydroxylation is 1. The number of hydrogen-bond acceptors (Lipinski definition) is 5. The highest BCUT2D eigenvalue weighted by Crippen LogP contribution is 2.24. The molecule has 6 heteroatoms. The van der Waals surface area contributed by atoms with Crippen LogP contribution in [0.1, 0.15) is 42.4 Å². The van der Waals surface area contributed by atoms with Crippen molar-refractivity contribution in [2.24, 2.45) is 5.41 Å². The van der Waals surface area contributed by atoms with Gasteiger partial charge < -0.3 is 9.47 Å². The highest BCUT2D eigenvalue weighted by molar-refractivity contribution is 5.90. The van der Waals surface area contributed by atoms with Crippen LogP contribution in [0.25, 0.3) is 5.69 Å². The van der Waals surface area contributed by atoms with Crippen LogP contribution in [-0.2, 0) is 4.74 Å². The van der Waals surface area contributed by atoms with E-state index >= 15 is 0 Å². The minimum atomic E-state index is -0.440. The van der Waals surface area contributed by atoms with Gasteiger partial charge in [0.15, 0.2) is 0 Å². The third-order valence-electron chi connectivity index (χ3n) is 3.31. The monoisotopic (exact) mass is 327 g/mol. The molecule has 0 atom stereocenters. The molecule has 1 aromatic heterocycles. The van der Waals surface area contributed by atoms with Crippen LogP contribution in [0, 0.1) is 23.7 Å². The average molecular weight is 327 g/mol. The molecule has 0 unspecified atom stereocenters. The van der Waals surface area contributed by atoms with Crippen molar-refractivity contribution in [3.63, 3.8) is 0 Å². The number of esters is 1. The van der Waals surface area contributed by atoms with Crippen LogP contribution in [0.5, 0.6) is 5.75 Å². The van der Waals surface area contributed by atoms with Gasteiger partial charge in [-0.3, -0.25) is 0 Å². The summed E-state index contributed by atoms with van der Waals surface area (Å²) in [5, 5.41) is 13.7. The second kappa shape index (κ2) is 6.75. The van der Waals surface area contributed by atoms with Gasteiger partial charge in [-0.05, 0) is 30.5 Å². The minimum absolute atomic E-state index is 0.0000910. The quantitative estimate of drug-likeness (QED) is 0.806. The highest BCUT2D eigenvalue weighted by atomic mass is 16.5. The third-order valence-corrected chi connectivity index (χ3v) is 3.31. The van der Waals surface area contributed by atoms with Crippen LogP contribution >= 0.6 is 0 Å². The molecule has 0 N–H and O–H groups in total. The highest BCUT2D eigenvalue weighted by Gasteiger charge is 2.16. The average Bonchev–Trinajstić information content (AvgIpc) is 2.93. The van der Waals surface area contributed by atoms with E-state index < -0.39 is 5.97 Å².